The summed E-state index contributed by atoms with van der Waals surface area (Å²) in [7, 11) is 1.62. The van der Waals surface area contributed by atoms with Gasteiger partial charge in [0, 0.05) is 5.69 Å². The van der Waals surface area contributed by atoms with Crippen molar-refractivity contribution in [1.29, 1.82) is 0 Å². The average molecular weight is 389 g/mol. The molecule has 2 aromatic carbocycles. The number of methoxy groups -OCH3 is 1. The normalized spacial score (nSPS) is 15.7. The maximum atomic E-state index is 9.84. The fraction of sp³-hybridized carbons (Fsp3) is 0.217. The largest absolute Gasteiger partial charge is 0.497 e. The average Bonchev–Trinajstić information content (AvgIpc) is 3.16. The van der Waals surface area contributed by atoms with Gasteiger partial charge in [0.1, 0.15) is 11.5 Å². The van der Waals surface area contributed by atoms with Gasteiger partial charge in [0.25, 0.3) is 0 Å². The molecule has 6 nitrogen and oxygen atoms in total. The van der Waals surface area contributed by atoms with E-state index in [1.165, 1.54) is 11.1 Å². The van der Waals surface area contributed by atoms with Crippen LogP contribution in [0.25, 0.3) is 0 Å². The van der Waals surface area contributed by atoms with Crippen LogP contribution in [0.2, 0.25) is 0 Å². The number of hydrogen-bond donors (Lipinski definition) is 2. The first kappa shape index (κ1) is 19.0. The molecule has 1 unspecified atom stereocenters. The molecule has 4 rings (SSSR count). The minimum absolute atomic E-state index is 0.0176. The number of nitrogens with one attached hydrogen (secondary N) is 1. The number of aromatic nitrogens is 1. The number of fused-ring (bicyclic) bond motifs is 1. The summed E-state index contributed by atoms with van der Waals surface area (Å²) in [6.45, 7) is 1.89. The molecular formula is C23H23N3O3. The Hall–Kier alpha value is -3.38. The quantitative estimate of drug-likeness (QED) is 0.379. The summed E-state index contributed by atoms with van der Waals surface area (Å²) in [5, 5.41) is 9.84. The highest BCUT2D eigenvalue weighted by Gasteiger charge is 2.23. The minimum Gasteiger partial charge on any atom is -0.497 e. The Morgan fingerprint density at radius 2 is 1.83 bits per heavy atom. The van der Waals surface area contributed by atoms with Gasteiger partial charge in [-0.05, 0) is 67.3 Å². The van der Waals surface area contributed by atoms with Crippen LogP contribution in [0.5, 0.6) is 17.4 Å². The first-order chi connectivity index (χ1) is 14.2. The van der Waals surface area contributed by atoms with Crippen LogP contribution in [0.3, 0.4) is 0 Å². The highest BCUT2D eigenvalue weighted by molar-refractivity contribution is 6.00. The van der Waals surface area contributed by atoms with Crippen molar-refractivity contribution in [2.24, 2.45) is 4.99 Å². The monoisotopic (exact) mass is 389 g/mol. The van der Waals surface area contributed by atoms with E-state index < -0.39 is 0 Å². The van der Waals surface area contributed by atoms with Gasteiger partial charge in [-0.2, -0.15) is 0 Å². The summed E-state index contributed by atoms with van der Waals surface area (Å²) in [5.41, 5.74) is 6.15. The molecule has 0 saturated carbocycles. The van der Waals surface area contributed by atoms with Crippen molar-refractivity contribution in [3.8, 4) is 17.4 Å². The molecule has 0 radical (unpaired) electrons. The fourth-order valence-electron chi connectivity index (χ4n) is 3.53. The van der Waals surface area contributed by atoms with Gasteiger partial charge in [0.2, 0.25) is 5.88 Å². The second kappa shape index (κ2) is 8.32. The van der Waals surface area contributed by atoms with Crippen LogP contribution in [-0.2, 0) is 6.42 Å². The third kappa shape index (κ3) is 4.07. The number of rotatable bonds is 5. The van der Waals surface area contributed by atoms with Crippen molar-refractivity contribution < 1.29 is 14.7 Å². The fourth-order valence-corrected chi connectivity index (χ4v) is 3.53. The second-order valence-corrected chi connectivity index (χ2v) is 6.93. The van der Waals surface area contributed by atoms with Crippen molar-refractivity contribution in [3.05, 3.63) is 83.0 Å². The number of aryl methyl sites for hydroxylation is 2. The molecule has 148 valence electrons. The predicted molar refractivity (Wildman–Crippen MR) is 111 cm³/mol. The standard InChI is InChI=1S/C23H23N3O3/c1-15-7-13-20(23(24-15)29-18-11-9-17(28-2)10-12-18)22(26-27)25-21-14-8-16-5-3-4-6-19(16)21/h3-7,9-13,21,27H,8,14H2,1-2H3,(H,25,26). The van der Waals surface area contributed by atoms with Crippen molar-refractivity contribution in [2.75, 3.05) is 7.11 Å². The zero-order valence-corrected chi connectivity index (χ0v) is 16.4. The lowest BCUT2D eigenvalue weighted by Crippen LogP contribution is -2.22. The highest BCUT2D eigenvalue weighted by Crippen LogP contribution is 2.35. The van der Waals surface area contributed by atoms with Crippen molar-refractivity contribution in [1.82, 2.24) is 10.5 Å². The van der Waals surface area contributed by atoms with Crippen LogP contribution in [0, 0.1) is 6.92 Å². The van der Waals surface area contributed by atoms with Crippen molar-refractivity contribution in [2.45, 2.75) is 25.8 Å². The molecule has 0 fully saturated rings. The maximum absolute atomic E-state index is 9.84. The molecule has 3 aromatic rings. The number of hydrogen-bond acceptors (Lipinski definition) is 5. The van der Waals surface area contributed by atoms with Crippen LogP contribution in [0.4, 0.5) is 0 Å². The first-order valence-corrected chi connectivity index (χ1v) is 9.53. The van der Waals surface area contributed by atoms with Crippen LogP contribution in [0.15, 0.2) is 65.7 Å². The van der Waals surface area contributed by atoms with Gasteiger partial charge >= 0.3 is 0 Å². The van der Waals surface area contributed by atoms with Gasteiger partial charge in [0.15, 0.2) is 5.84 Å². The molecule has 6 heteroatoms. The first-order valence-electron chi connectivity index (χ1n) is 9.53. The molecule has 0 saturated heterocycles. The topological polar surface area (TPSA) is 76.0 Å². The third-order valence-corrected chi connectivity index (χ3v) is 5.02. The van der Waals surface area contributed by atoms with E-state index in [1.54, 1.807) is 7.11 Å². The number of benzene rings is 2. The molecular weight excluding hydrogens is 366 g/mol. The van der Waals surface area contributed by atoms with E-state index in [0.29, 0.717) is 23.0 Å². The molecule has 1 heterocycles. The highest BCUT2D eigenvalue weighted by atomic mass is 16.5. The lowest BCUT2D eigenvalue weighted by atomic mass is 10.1. The van der Waals surface area contributed by atoms with Crippen molar-refractivity contribution >= 4 is 5.84 Å². The van der Waals surface area contributed by atoms with E-state index in [-0.39, 0.29) is 6.04 Å². The Bertz CT molecular complexity index is 1030. The molecule has 2 N–H and O–H groups in total. The third-order valence-electron chi connectivity index (χ3n) is 5.02. The zero-order chi connectivity index (χ0) is 20.2. The van der Waals surface area contributed by atoms with Gasteiger partial charge in [0.05, 0.1) is 18.7 Å². The molecule has 1 aromatic heterocycles. The smallest absolute Gasteiger partial charge is 0.230 e. The van der Waals surface area contributed by atoms with E-state index >= 15 is 0 Å². The number of hydroxylamine groups is 1. The molecule has 1 atom stereocenters. The summed E-state index contributed by atoms with van der Waals surface area (Å²) in [6.07, 6.45) is 1.88. The van der Waals surface area contributed by atoms with Crippen LogP contribution >= 0.6 is 0 Å². The van der Waals surface area contributed by atoms with E-state index in [0.717, 1.165) is 24.3 Å². The van der Waals surface area contributed by atoms with Crippen LogP contribution in [0.1, 0.15) is 34.8 Å². The SMILES string of the molecule is COc1ccc(Oc2nc(C)ccc2C(=NC2CCc3ccccc32)NO)cc1. The number of aliphatic imine (C=N–C) groups is 1. The number of nitrogens with zero attached hydrogens (tertiary/aromatic N) is 2. The Morgan fingerprint density at radius 1 is 1.07 bits per heavy atom. The second-order valence-electron chi connectivity index (χ2n) is 6.93. The summed E-state index contributed by atoms with van der Waals surface area (Å²) < 4.78 is 11.2. The molecule has 1 aliphatic rings. The maximum Gasteiger partial charge on any atom is 0.230 e. The summed E-state index contributed by atoms with van der Waals surface area (Å²) in [5.74, 6) is 2.08. The lowest BCUT2D eigenvalue weighted by molar-refractivity contribution is 0.233. The van der Waals surface area contributed by atoms with Crippen LogP contribution < -0.4 is 15.0 Å². The van der Waals surface area contributed by atoms with E-state index in [1.807, 2.05) is 55.5 Å². The van der Waals surface area contributed by atoms with Gasteiger partial charge in [-0.1, -0.05) is 24.3 Å². The Labute approximate surface area is 169 Å². The molecule has 29 heavy (non-hydrogen) atoms. The molecule has 1 aliphatic carbocycles. The van der Waals surface area contributed by atoms with E-state index in [2.05, 4.69) is 22.6 Å². The Morgan fingerprint density at radius 3 is 2.59 bits per heavy atom. The van der Waals surface area contributed by atoms with Gasteiger partial charge in [-0.3, -0.25) is 15.7 Å². The number of pyridine rings is 1. The minimum atomic E-state index is -0.0176. The van der Waals surface area contributed by atoms with E-state index in [9.17, 15) is 5.21 Å². The predicted octanol–water partition coefficient (Wildman–Crippen LogP) is 4.60. The Balaban J connectivity index is 1.67. The van der Waals surface area contributed by atoms with Crippen molar-refractivity contribution in [3.63, 3.8) is 0 Å². The number of ether oxygens (including phenoxy) is 2. The lowest BCUT2D eigenvalue weighted by Gasteiger charge is -2.14. The van der Waals surface area contributed by atoms with E-state index in [4.69, 9.17) is 14.5 Å². The molecule has 0 bridgehead atoms. The Kier molecular flexibility index (Phi) is 5.44. The molecule has 0 spiro atoms. The van der Waals surface area contributed by atoms with Gasteiger partial charge in [-0.15, -0.1) is 0 Å². The zero-order valence-electron chi connectivity index (χ0n) is 16.4. The molecule has 0 aliphatic heterocycles. The van der Waals surface area contributed by atoms with Gasteiger partial charge in [-0.25, -0.2) is 4.98 Å². The summed E-state index contributed by atoms with van der Waals surface area (Å²) in [6, 6.07) is 19.2. The number of amidine groups is 1. The van der Waals surface area contributed by atoms with Gasteiger partial charge < -0.3 is 9.47 Å². The summed E-state index contributed by atoms with van der Waals surface area (Å²) in [4.78, 5) is 9.29. The molecule has 0 amide bonds. The summed E-state index contributed by atoms with van der Waals surface area (Å²) >= 11 is 0. The van der Waals surface area contributed by atoms with Crippen LogP contribution in [-0.4, -0.2) is 23.1 Å².